The number of pyridine rings is 1. The summed E-state index contributed by atoms with van der Waals surface area (Å²) < 4.78 is 11.2. The lowest BCUT2D eigenvalue weighted by Gasteiger charge is -2.14. The topological polar surface area (TPSA) is 148 Å². The second-order valence-electron chi connectivity index (χ2n) is 6.16. The van der Waals surface area contributed by atoms with E-state index >= 15 is 0 Å². The minimum absolute atomic E-state index is 0.466. The summed E-state index contributed by atoms with van der Waals surface area (Å²) in [6.45, 7) is 2.45. The molecule has 2 aromatic heterocycles. The van der Waals surface area contributed by atoms with Gasteiger partial charge >= 0.3 is 11.9 Å². The third kappa shape index (κ3) is 4.54. The highest BCUT2D eigenvalue weighted by atomic mass is 16.5. The fourth-order valence-corrected chi connectivity index (χ4v) is 2.79. The lowest BCUT2D eigenvalue weighted by Crippen LogP contribution is -2.31. The molecule has 3 heterocycles. The second kappa shape index (κ2) is 7.48. The van der Waals surface area contributed by atoms with Crippen molar-refractivity contribution in [2.45, 2.75) is 31.8 Å². The molecule has 0 unspecified atom stereocenters. The molecule has 3 N–H and O–H groups in total. The first kappa shape index (κ1) is 17.8. The van der Waals surface area contributed by atoms with Crippen molar-refractivity contribution in [2.24, 2.45) is 5.92 Å². The maximum Gasteiger partial charge on any atom is 0.414 e. The van der Waals surface area contributed by atoms with E-state index in [2.05, 4.69) is 20.5 Å². The Balaban J connectivity index is 0.000000286. The highest BCUT2D eigenvalue weighted by molar-refractivity contribution is 6.27. The van der Waals surface area contributed by atoms with Crippen LogP contribution in [0.3, 0.4) is 0 Å². The Hall–Kier alpha value is -3.01. The molecule has 0 amide bonds. The standard InChI is InChI=1S/C14H16N4O2.C2H2O4/c1-8-17-18-14(20-8)10-3-12(6-15-5-10)19-7-11-2-9-4-13(9)16-11;3-1(4)2(5)6/h3,5-6,9,11,13,16H,2,4,7H2,1H3;(H,3,4)(H,5,6)/t9-,11-,13+;/m0./s1. The number of piperidine rings is 1. The van der Waals surface area contributed by atoms with E-state index in [4.69, 9.17) is 29.0 Å². The maximum atomic E-state index is 9.10. The van der Waals surface area contributed by atoms with Crippen LogP contribution in [0.1, 0.15) is 18.7 Å². The van der Waals surface area contributed by atoms with Gasteiger partial charge in [0.2, 0.25) is 11.8 Å². The molecule has 1 saturated carbocycles. The van der Waals surface area contributed by atoms with E-state index in [9.17, 15) is 0 Å². The quantitative estimate of drug-likeness (QED) is 0.664. The summed E-state index contributed by atoms with van der Waals surface area (Å²) >= 11 is 0. The number of carbonyl (C=O) groups is 2. The minimum Gasteiger partial charge on any atom is -0.490 e. The Labute approximate surface area is 148 Å². The summed E-state index contributed by atoms with van der Waals surface area (Å²) in [6.07, 6.45) is 5.97. The SMILES string of the molecule is Cc1nnc(-c2cncc(OC[C@@H]3C[C@H]4C[C@H]4N3)c2)o1.O=C(O)C(=O)O. The summed E-state index contributed by atoms with van der Waals surface area (Å²) in [5.41, 5.74) is 0.783. The van der Waals surface area contributed by atoms with Crippen molar-refractivity contribution in [1.82, 2.24) is 20.5 Å². The highest BCUT2D eigenvalue weighted by Crippen LogP contribution is 2.40. The first-order valence-corrected chi connectivity index (χ1v) is 8.03. The molecule has 0 spiro atoms. The van der Waals surface area contributed by atoms with Gasteiger partial charge in [-0.2, -0.15) is 0 Å². The third-order valence-corrected chi connectivity index (χ3v) is 4.08. The zero-order valence-electron chi connectivity index (χ0n) is 14.0. The molecule has 3 atom stereocenters. The Morgan fingerprint density at radius 1 is 1.27 bits per heavy atom. The molecular weight excluding hydrogens is 344 g/mol. The Morgan fingerprint density at radius 2 is 2.04 bits per heavy atom. The van der Waals surface area contributed by atoms with Gasteiger partial charge in [0.05, 0.1) is 11.8 Å². The average Bonchev–Trinajstić information content (AvgIpc) is 3.02. The van der Waals surface area contributed by atoms with Gasteiger partial charge in [0, 0.05) is 25.2 Å². The molecule has 2 fully saturated rings. The molecule has 2 aromatic rings. The van der Waals surface area contributed by atoms with Gasteiger partial charge in [-0.05, 0) is 24.8 Å². The summed E-state index contributed by atoms with van der Waals surface area (Å²) in [7, 11) is 0. The number of ether oxygens (including phenoxy) is 1. The number of aromatic nitrogens is 3. The van der Waals surface area contributed by atoms with E-state index in [0.717, 1.165) is 23.3 Å². The number of carboxylic acids is 2. The lowest BCUT2D eigenvalue weighted by molar-refractivity contribution is -0.159. The maximum absolute atomic E-state index is 9.10. The summed E-state index contributed by atoms with van der Waals surface area (Å²) in [5.74, 6) is -1.01. The summed E-state index contributed by atoms with van der Waals surface area (Å²) in [4.78, 5) is 22.4. The molecule has 1 aliphatic carbocycles. The van der Waals surface area contributed by atoms with Crippen LogP contribution in [0, 0.1) is 12.8 Å². The van der Waals surface area contributed by atoms with Gasteiger partial charge in [-0.3, -0.25) is 4.98 Å². The monoisotopic (exact) mass is 362 g/mol. The molecule has 0 bridgehead atoms. The van der Waals surface area contributed by atoms with Gasteiger partial charge in [-0.25, -0.2) is 9.59 Å². The molecule has 1 aliphatic heterocycles. The van der Waals surface area contributed by atoms with Crippen LogP contribution in [-0.2, 0) is 9.59 Å². The summed E-state index contributed by atoms with van der Waals surface area (Å²) in [6, 6.07) is 3.10. The van der Waals surface area contributed by atoms with E-state index < -0.39 is 11.9 Å². The normalized spacial score (nSPS) is 22.7. The summed E-state index contributed by atoms with van der Waals surface area (Å²) in [5, 5.41) is 26.1. The third-order valence-electron chi connectivity index (χ3n) is 4.08. The van der Waals surface area contributed by atoms with Crippen LogP contribution in [0.2, 0.25) is 0 Å². The zero-order valence-corrected chi connectivity index (χ0v) is 14.0. The highest BCUT2D eigenvalue weighted by Gasteiger charge is 2.45. The number of nitrogens with one attached hydrogen (secondary N) is 1. The van der Waals surface area contributed by atoms with Crippen molar-refractivity contribution in [3.8, 4) is 17.2 Å². The van der Waals surface area contributed by atoms with Crippen molar-refractivity contribution in [3.63, 3.8) is 0 Å². The molecule has 10 heteroatoms. The molecule has 0 radical (unpaired) electrons. The Bertz CT molecular complexity index is 786. The van der Waals surface area contributed by atoms with E-state index in [1.165, 1.54) is 12.8 Å². The van der Waals surface area contributed by atoms with Crippen LogP contribution < -0.4 is 10.1 Å². The van der Waals surface area contributed by atoms with Crippen molar-refractivity contribution < 1.29 is 29.0 Å². The smallest absolute Gasteiger partial charge is 0.414 e. The first-order valence-electron chi connectivity index (χ1n) is 8.03. The van der Waals surface area contributed by atoms with Crippen molar-refractivity contribution >= 4 is 11.9 Å². The second-order valence-corrected chi connectivity index (χ2v) is 6.16. The fraction of sp³-hybridized carbons (Fsp3) is 0.438. The van der Waals surface area contributed by atoms with Crippen molar-refractivity contribution in [3.05, 3.63) is 24.4 Å². The number of nitrogens with zero attached hydrogens (tertiary/aromatic N) is 3. The fourth-order valence-electron chi connectivity index (χ4n) is 2.79. The number of aryl methyl sites for hydroxylation is 1. The Morgan fingerprint density at radius 3 is 2.62 bits per heavy atom. The average molecular weight is 362 g/mol. The largest absolute Gasteiger partial charge is 0.490 e. The van der Waals surface area contributed by atoms with Crippen LogP contribution >= 0.6 is 0 Å². The van der Waals surface area contributed by atoms with Crippen molar-refractivity contribution in [2.75, 3.05) is 6.61 Å². The zero-order chi connectivity index (χ0) is 18.7. The van der Waals surface area contributed by atoms with Gasteiger partial charge < -0.3 is 24.7 Å². The van der Waals surface area contributed by atoms with E-state index in [1.807, 2.05) is 6.07 Å². The van der Waals surface area contributed by atoms with Gasteiger partial charge in [0.15, 0.2) is 0 Å². The van der Waals surface area contributed by atoms with E-state index in [0.29, 0.717) is 24.4 Å². The van der Waals surface area contributed by atoms with Crippen LogP contribution in [0.4, 0.5) is 0 Å². The predicted octanol–water partition coefficient (Wildman–Crippen LogP) is 0.725. The number of hydrogen-bond donors (Lipinski definition) is 3. The van der Waals surface area contributed by atoms with E-state index in [-0.39, 0.29) is 0 Å². The van der Waals surface area contributed by atoms with Crippen LogP contribution in [-0.4, -0.2) is 56.0 Å². The van der Waals surface area contributed by atoms with Gasteiger partial charge in [-0.1, -0.05) is 0 Å². The first-order chi connectivity index (χ1) is 12.4. The van der Waals surface area contributed by atoms with E-state index in [1.54, 1.807) is 19.3 Å². The molecule has 0 aromatic carbocycles. The molecule has 26 heavy (non-hydrogen) atoms. The van der Waals surface area contributed by atoms with Gasteiger partial charge in [0.25, 0.3) is 0 Å². The molecule has 10 nitrogen and oxygen atoms in total. The van der Waals surface area contributed by atoms with Crippen LogP contribution in [0.15, 0.2) is 22.9 Å². The predicted molar refractivity (Wildman–Crippen MR) is 86.5 cm³/mol. The number of hydrogen-bond acceptors (Lipinski definition) is 8. The lowest BCUT2D eigenvalue weighted by atomic mass is 10.2. The van der Waals surface area contributed by atoms with Crippen LogP contribution in [0.25, 0.3) is 11.5 Å². The molecule has 1 saturated heterocycles. The molecule has 138 valence electrons. The number of aliphatic carboxylic acids is 2. The minimum atomic E-state index is -1.82. The number of carboxylic acid groups (broad SMARTS) is 2. The van der Waals surface area contributed by atoms with Crippen LogP contribution in [0.5, 0.6) is 5.75 Å². The number of rotatable bonds is 4. The van der Waals surface area contributed by atoms with Gasteiger partial charge in [-0.15, -0.1) is 10.2 Å². The molecule has 2 aliphatic rings. The van der Waals surface area contributed by atoms with Crippen molar-refractivity contribution in [1.29, 1.82) is 0 Å². The molecular formula is C16H18N4O6. The molecule has 4 rings (SSSR count). The number of fused-ring (bicyclic) bond motifs is 1. The van der Waals surface area contributed by atoms with Gasteiger partial charge in [0.1, 0.15) is 12.4 Å². The Kier molecular flexibility index (Phi) is 5.12.